The van der Waals surface area contributed by atoms with Crippen molar-refractivity contribution in [2.75, 3.05) is 26.1 Å². The third kappa shape index (κ3) is 2.42. The first-order valence-corrected chi connectivity index (χ1v) is 5.77. The van der Waals surface area contributed by atoms with Gasteiger partial charge in [-0.05, 0) is 31.2 Å². The highest BCUT2D eigenvalue weighted by atomic mass is 16.5. The topological polar surface area (TPSA) is 38.2 Å². The van der Waals surface area contributed by atoms with E-state index in [0.29, 0.717) is 0 Å². The third-order valence-electron chi connectivity index (χ3n) is 2.70. The normalized spacial score (nSPS) is 10.2. The lowest BCUT2D eigenvalue weighted by Gasteiger charge is -2.12. The highest BCUT2D eigenvalue weighted by molar-refractivity contribution is 5.66. The predicted octanol–water partition coefficient (Wildman–Crippen LogP) is 2.53. The molecule has 2 aromatic rings. The number of aryl methyl sites for hydroxylation is 1. The van der Waals surface area contributed by atoms with Crippen LogP contribution in [-0.2, 0) is 0 Å². The minimum atomic E-state index is 0.764. The zero-order valence-corrected chi connectivity index (χ0v) is 11.1. The van der Waals surface area contributed by atoms with Gasteiger partial charge in [-0.3, -0.25) is 0 Å². The number of aromatic nitrogens is 2. The van der Waals surface area contributed by atoms with Crippen molar-refractivity contribution in [3.63, 3.8) is 0 Å². The molecule has 0 spiro atoms. The summed E-state index contributed by atoms with van der Waals surface area (Å²) < 4.78 is 5.33. The van der Waals surface area contributed by atoms with Crippen LogP contribution in [0.25, 0.3) is 11.3 Å². The van der Waals surface area contributed by atoms with Crippen LogP contribution < -0.4 is 9.64 Å². The van der Waals surface area contributed by atoms with Crippen LogP contribution in [0.5, 0.6) is 5.75 Å². The lowest BCUT2D eigenvalue weighted by molar-refractivity contribution is 0.414. The van der Waals surface area contributed by atoms with E-state index in [1.54, 1.807) is 7.11 Å². The molecular weight excluding hydrogens is 226 g/mol. The molecule has 4 nitrogen and oxygen atoms in total. The summed E-state index contributed by atoms with van der Waals surface area (Å²) in [5.74, 6) is 1.69. The van der Waals surface area contributed by atoms with Gasteiger partial charge in [0.2, 0.25) is 0 Å². The van der Waals surface area contributed by atoms with E-state index in [0.717, 1.165) is 28.5 Å². The average molecular weight is 243 g/mol. The highest BCUT2D eigenvalue weighted by Gasteiger charge is 2.08. The van der Waals surface area contributed by atoms with Crippen molar-refractivity contribution in [1.82, 2.24) is 9.97 Å². The van der Waals surface area contributed by atoms with Crippen LogP contribution in [0.1, 0.15) is 5.69 Å². The summed E-state index contributed by atoms with van der Waals surface area (Å²) >= 11 is 0. The van der Waals surface area contributed by atoms with Gasteiger partial charge in [-0.15, -0.1) is 0 Å². The first kappa shape index (κ1) is 12.4. The zero-order valence-electron chi connectivity index (χ0n) is 11.1. The molecule has 0 aliphatic heterocycles. The number of rotatable bonds is 3. The summed E-state index contributed by atoms with van der Waals surface area (Å²) in [6.45, 7) is 1.96. The molecule has 18 heavy (non-hydrogen) atoms. The Morgan fingerprint density at radius 1 is 1.11 bits per heavy atom. The van der Waals surface area contributed by atoms with Crippen LogP contribution in [0, 0.1) is 6.92 Å². The fourth-order valence-electron chi connectivity index (χ4n) is 1.71. The van der Waals surface area contributed by atoms with Gasteiger partial charge in [0.25, 0.3) is 0 Å². The molecule has 0 bridgehead atoms. The van der Waals surface area contributed by atoms with E-state index in [2.05, 4.69) is 9.97 Å². The van der Waals surface area contributed by atoms with Crippen LogP contribution in [0.3, 0.4) is 0 Å². The zero-order chi connectivity index (χ0) is 13.1. The summed E-state index contributed by atoms with van der Waals surface area (Å²) in [5, 5.41) is 0. The largest absolute Gasteiger partial charge is 0.494 e. The smallest absolute Gasteiger partial charge is 0.145 e. The molecule has 0 N–H and O–H groups in total. The first-order valence-electron chi connectivity index (χ1n) is 5.77. The van der Waals surface area contributed by atoms with Gasteiger partial charge in [-0.25, -0.2) is 9.97 Å². The molecule has 0 radical (unpaired) electrons. The number of ether oxygens (including phenoxy) is 1. The summed E-state index contributed by atoms with van der Waals surface area (Å²) in [6.07, 6.45) is 1.82. The van der Waals surface area contributed by atoms with Crippen molar-refractivity contribution in [2.24, 2.45) is 0 Å². The maximum Gasteiger partial charge on any atom is 0.145 e. The van der Waals surface area contributed by atoms with E-state index in [4.69, 9.17) is 4.74 Å². The van der Waals surface area contributed by atoms with Crippen molar-refractivity contribution in [3.05, 3.63) is 36.2 Å². The average Bonchev–Trinajstić information content (AvgIpc) is 2.39. The molecule has 0 aliphatic rings. The summed E-state index contributed by atoms with van der Waals surface area (Å²) in [5.41, 5.74) is 2.75. The van der Waals surface area contributed by atoms with Crippen molar-refractivity contribution >= 4 is 5.82 Å². The van der Waals surface area contributed by atoms with Crippen molar-refractivity contribution in [3.8, 4) is 17.0 Å². The lowest BCUT2D eigenvalue weighted by Crippen LogP contribution is -2.10. The molecule has 0 amide bonds. The maximum absolute atomic E-state index is 5.33. The summed E-state index contributed by atoms with van der Waals surface area (Å²) in [4.78, 5) is 10.9. The highest BCUT2D eigenvalue weighted by Crippen LogP contribution is 2.28. The van der Waals surface area contributed by atoms with Crippen molar-refractivity contribution in [1.29, 1.82) is 0 Å². The van der Waals surface area contributed by atoms with Gasteiger partial charge in [0.15, 0.2) is 0 Å². The number of methoxy groups -OCH3 is 1. The van der Waals surface area contributed by atoms with Crippen molar-refractivity contribution in [2.45, 2.75) is 6.92 Å². The minimum Gasteiger partial charge on any atom is -0.494 e. The Kier molecular flexibility index (Phi) is 3.46. The number of anilines is 1. The molecule has 4 heteroatoms. The summed E-state index contributed by atoms with van der Waals surface area (Å²) in [7, 11) is 5.58. The first-order chi connectivity index (χ1) is 8.61. The number of nitrogens with zero attached hydrogens (tertiary/aromatic N) is 3. The van der Waals surface area contributed by atoms with Crippen LogP contribution in [0.4, 0.5) is 5.82 Å². The molecule has 2 aromatic heterocycles. The Hall–Kier alpha value is -2.10. The molecule has 2 rings (SSSR count). The van der Waals surface area contributed by atoms with Gasteiger partial charge in [0.05, 0.1) is 7.11 Å². The Bertz CT molecular complexity index is 535. The van der Waals surface area contributed by atoms with Crippen LogP contribution >= 0.6 is 0 Å². The maximum atomic E-state index is 5.33. The molecule has 0 fully saturated rings. The number of hydrogen-bond donors (Lipinski definition) is 0. The second kappa shape index (κ2) is 5.04. The van der Waals surface area contributed by atoms with E-state index >= 15 is 0 Å². The standard InChI is InChI=1S/C14H17N3O/c1-10-5-7-12(18-4)14(16-10)11-6-8-13(15-9-11)17(2)3/h5-9H,1-4H3. The van der Waals surface area contributed by atoms with Gasteiger partial charge >= 0.3 is 0 Å². The predicted molar refractivity (Wildman–Crippen MR) is 73.1 cm³/mol. The van der Waals surface area contributed by atoms with Gasteiger partial charge in [-0.1, -0.05) is 0 Å². The molecule has 0 aliphatic carbocycles. The van der Waals surface area contributed by atoms with E-state index in [-0.39, 0.29) is 0 Å². The molecule has 0 unspecified atom stereocenters. The third-order valence-corrected chi connectivity index (χ3v) is 2.70. The quantitative estimate of drug-likeness (QED) is 0.830. The molecular formula is C14H17N3O. The fourth-order valence-corrected chi connectivity index (χ4v) is 1.71. The van der Waals surface area contributed by atoms with Crippen LogP contribution in [0.15, 0.2) is 30.5 Å². The van der Waals surface area contributed by atoms with Gasteiger partial charge < -0.3 is 9.64 Å². The Morgan fingerprint density at radius 2 is 1.89 bits per heavy atom. The molecule has 94 valence electrons. The van der Waals surface area contributed by atoms with Crippen molar-refractivity contribution < 1.29 is 4.74 Å². The fraction of sp³-hybridized carbons (Fsp3) is 0.286. The molecule has 0 aromatic carbocycles. The van der Waals surface area contributed by atoms with Gasteiger partial charge in [0, 0.05) is 31.5 Å². The monoisotopic (exact) mass is 243 g/mol. The van der Waals surface area contributed by atoms with Gasteiger partial charge in [0.1, 0.15) is 17.3 Å². The van der Waals surface area contributed by atoms with E-state index < -0.39 is 0 Å². The van der Waals surface area contributed by atoms with Gasteiger partial charge in [-0.2, -0.15) is 0 Å². The Morgan fingerprint density at radius 3 is 2.44 bits per heavy atom. The molecule has 2 heterocycles. The Labute approximate surface area is 107 Å². The second-order valence-corrected chi connectivity index (χ2v) is 4.30. The Balaban J connectivity index is 2.44. The summed E-state index contributed by atoms with van der Waals surface area (Å²) in [6, 6.07) is 7.84. The number of pyridine rings is 2. The van der Waals surface area contributed by atoms with E-state index in [1.807, 2.05) is 56.4 Å². The van der Waals surface area contributed by atoms with E-state index in [9.17, 15) is 0 Å². The molecule has 0 saturated carbocycles. The van der Waals surface area contributed by atoms with E-state index in [1.165, 1.54) is 0 Å². The molecule has 0 atom stereocenters. The second-order valence-electron chi connectivity index (χ2n) is 4.30. The van der Waals surface area contributed by atoms with Crippen LogP contribution in [0.2, 0.25) is 0 Å². The molecule has 0 saturated heterocycles. The number of hydrogen-bond acceptors (Lipinski definition) is 4. The lowest BCUT2D eigenvalue weighted by atomic mass is 10.1. The SMILES string of the molecule is COc1ccc(C)nc1-c1ccc(N(C)C)nc1. The minimum absolute atomic E-state index is 0.764. The van der Waals surface area contributed by atoms with Crippen LogP contribution in [-0.4, -0.2) is 31.2 Å².